The average Bonchev–Trinajstić information content (AvgIpc) is 2.10. The van der Waals surface area contributed by atoms with Crippen molar-refractivity contribution in [3.8, 4) is 0 Å². The molecule has 64 valence electrons. The van der Waals surface area contributed by atoms with E-state index >= 15 is 0 Å². The van der Waals surface area contributed by atoms with Gasteiger partial charge < -0.3 is 5.11 Å². The highest BCUT2D eigenvalue weighted by Gasteiger charge is 2.60. The zero-order chi connectivity index (χ0) is 8.11. The molecular weight excluding hydrogens is 150 g/mol. The summed E-state index contributed by atoms with van der Waals surface area (Å²) in [5.41, 5.74) is -0.385. The smallest absolute Gasteiger partial charge is 0.249 e. The molecule has 2 aliphatic carbocycles. The van der Waals surface area contributed by atoms with Crippen LogP contribution in [0.3, 0.4) is 0 Å². The summed E-state index contributed by atoms with van der Waals surface area (Å²) in [7, 11) is 0. The number of hydrogen-bond acceptors (Lipinski definition) is 1. The van der Waals surface area contributed by atoms with E-state index in [1.165, 1.54) is 0 Å². The molecule has 0 saturated heterocycles. The first-order valence-electron chi connectivity index (χ1n) is 4.10. The van der Waals surface area contributed by atoms with Crippen molar-refractivity contribution < 1.29 is 13.9 Å². The molecule has 0 aliphatic heterocycles. The minimum atomic E-state index is -2.48. The lowest BCUT2D eigenvalue weighted by Crippen LogP contribution is -2.50. The lowest BCUT2D eigenvalue weighted by atomic mass is 9.64. The third kappa shape index (κ3) is 0.975. The lowest BCUT2D eigenvalue weighted by Gasteiger charge is -2.47. The largest absolute Gasteiger partial charge is 0.393 e. The van der Waals surface area contributed by atoms with Crippen molar-refractivity contribution in [3.63, 3.8) is 0 Å². The topological polar surface area (TPSA) is 20.2 Å². The summed E-state index contributed by atoms with van der Waals surface area (Å²) >= 11 is 0. The number of alkyl halides is 2. The summed E-state index contributed by atoms with van der Waals surface area (Å²) < 4.78 is 25.0. The molecule has 1 unspecified atom stereocenters. The second-order valence-electron chi connectivity index (χ2n) is 3.98. The normalized spacial score (nSPS) is 39.0. The number of rotatable bonds is 0. The van der Waals surface area contributed by atoms with Gasteiger partial charge in [0.15, 0.2) is 0 Å². The number of aliphatic hydroxyl groups is 1. The van der Waals surface area contributed by atoms with E-state index in [1.54, 1.807) is 0 Å². The summed E-state index contributed by atoms with van der Waals surface area (Å²) in [5.74, 6) is -2.48. The van der Waals surface area contributed by atoms with Crippen LogP contribution in [-0.2, 0) is 0 Å². The van der Waals surface area contributed by atoms with Crippen LogP contribution < -0.4 is 0 Å². The molecule has 0 heterocycles. The summed E-state index contributed by atoms with van der Waals surface area (Å²) in [4.78, 5) is 0. The molecule has 2 fully saturated rings. The minimum Gasteiger partial charge on any atom is -0.393 e. The summed E-state index contributed by atoms with van der Waals surface area (Å²) in [6.07, 6.45) is 1.81. The van der Waals surface area contributed by atoms with Crippen molar-refractivity contribution >= 4 is 0 Å². The maximum Gasteiger partial charge on any atom is 0.249 e. The highest BCUT2D eigenvalue weighted by molar-refractivity contribution is 5.05. The SMILES string of the molecule is OC1CCCC12CC(F)(F)C2. The van der Waals surface area contributed by atoms with Crippen LogP contribution >= 0.6 is 0 Å². The second-order valence-corrected chi connectivity index (χ2v) is 3.98. The van der Waals surface area contributed by atoms with Crippen molar-refractivity contribution in [3.05, 3.63) is 0 Å². The number of hydrogen-bond donors (Lipinski definition) is 1. The highest BCUT2D eigenvalue weighted by Crippen LogP contribution is 2.60. The van der Waals surface area contributed by atoms with E-state index in [2.05, 4.69) is 0 Å². The molecular formula is C8H12F2O. The van der Waals surface area contributed by atoms with Gasteiger partial charge in [0.1, 0.15) is 0 Å². The Kier molecular flexibility index (Phi) is 1.32. The van der Waals surface area contributed by atoms with E-state index in [0.717, 1.165) is 19.3 Å². The molecule has 1 atom stereocenters. The highest BCUT2D eigenvalue weighted by atomic mass is 19.3. The molecule has 0 aromatic rings. The van der Waals surface area contributed by atoms with Crippen molar-refractivity contribution in [2.24, 2.45) is 5.41 Å². The van der Waals surface area contributed by atoms with Crippen LogP contribution in [0.5, 0.6) is 0 Å². The Labute approximate surface area is 64.4 Å². The van der Waals surface area contributed by atoms with Crippen LogP contribution in [0.1, 0.15) is 32.1 Å². The standard InChI is InChI=1S/C8H12F2O/c9-8(10)4-7(5-8)3-1-2-6(7)11/h6,11H,1-5H2. The maximum absolute atomic E-state index is 12.5. The Morgan fingerprint density at radius 2 is 1.91 bits per heavy atom. The summed E-state index contributed by atoms with van der Waals surface area (Å²) in [6, 6.07) is 0. The van der Waals surface area contributed by atoms with E-state index in [1.807, 2.05) is 0 Å². The lowest BCUT2D eigenvalue weighted by molar-refractivity contribution is -0.189. The molecule has 1 spiro atoms. The van der Waals surface area contributed by atoms with Crippen LogP contribution in [0.15, 0.2) is 0 Å². The first kappa shape index (κ1) is 7.47. The van der Waals surface area contributed by atoms with Crippen LogP contribution in [0, 0.1) is 5.41 Å². The molecule has 0 radical (unpaired) electrons. The van der Waals surface area contributed by atoms with Gasteiger partial charge in [-0.15, -0.1) is 0 Å². The monoisotopic (exact) mass is 162 g/mol. The van der Waals surface area contributed by atoms with E-state index in [-0.39, 0.29) is 18.3 Å². The Hall–Kier alpha value is -0.180. The molecule has 0 aromatic carbocycles. The van der Waals surface area contributed by atoms with Crippen molar-refractivity contribution in [1.29, 1.82) is 0 Å². The van der Waals surface area contributed by atoms with Crippen molar-refractivity contribution in [2.75, 3.05) is 0 Å². The zero-order valence-corrected chi connectivity index (χ0v) is 6.32. The quantitative estimate of drug-likeness (QED) is 0.577. The van der Waals surface area contributed by atoms with Gasteiger partial charge in [-0.25, -0.2) is 8.78 Å². The first-order valence-corrected chi connectivity index (χ1v) is 4.10. The molecule has 2 saturated carbocycles. The van der Waals surface area contributed by atoms with Gasteiger partial charge >= 0.3 is 0 Å². The predicted octanol–water partition coefficient (Wildman–Crippen LogP) is 1.95. The molecule has 0 amide bonds. The molecule has 0 aromatic heterocycles. The molecule has 1 N–H and O–H groups in total. The Balaban J connectivity index is 2.05. The summed E-state index contributed by atoms with van der Waals surface area (Å²) in [6.45, 7) is 0. The van der Waals surface area contributed by atoms with E-state index in [0.29, 0.717) is 0 Å². The van der Waals surface area contributed by atoms with Gasteiger partial charge in [0.05, 0.1) is 6.10 Å². The van der Waals surface area contributed by atoms with Gasteiger partial charge in [0.2, 0.25) is 5.92 Å². The average molecular weight is 162 g/mol. The van der Waals surface area contributed by atoms with Crippen LogP contribution in [0.2, 0.25) is 0 Å². The van der Waals surface area contributed by atoms with E-state index in [4.69, 9.17) is 0 Å². The van der Waals surface area contributed by atoms with Gasteiger partial charge in [-0.3, -0.25) is 0 Å². The summed E-state index contributed by atoms with van der Waals surface area (Å²) in [5, 5.41) is 9.40. The third-order valence-electron chi connectivity index (χ3n) is 3.08. The van der Waals surface area contributed by atoms with Crippen LogP contribution in [0.4, 0.5) is 8.78 Å². The molecule has 3 heteroatoms. The number of aliphatic hydroxyl groups excluding tert-OH is 1. The van der Waals surface area contributed by atoms with Gasteiger partial charge in [-0.2, -0.15) is 0 Å². The van der Waals surface area contributed by atoms with Gasteiger partial charge in [0.25, 0.3) is 0 Å². The Bertz CT molecular complexity index is 171. The van der Waals surface area contributed by atoms with Gasteiger partial charge in [-0.05, 0) is 12.8 Å². The Morgan fingerprint density at radius 1 is 1.27 bits per heavy atom. The fraction of sp³-hybridized carbons (Fsp3) is 1.00. The zero-order valence-electron chi connectivity index (χ0n) is 6.32. The molecule has 2 aliphatic rings. The van der Waals surface area contributed by atoms with E-state index < -0.39 is 12.0 Å². The fourth-order valence-electron chi connectivity index (χ4n) is 2.51. The molecule has 1 nitrogen and oxygen atoms in total. The second kappa shape index (κ2) is 1.94. The predicted molar refractivity (Wildman–Crippen MR) is 36.5 cm³/mol. The van der Waals surface area contributed by atoms with Gasteiger partial charge in [-0.1, -0.05) is 6.42 Å². The van der Waals surface area contributed by atoms with Crippen molar-refractivity contribution in [2.45, 2.75) is 44.1 Å². The third-order valence-corrected chi connectivity index (χ3v) is 3.08. The molecule has 0 bridgehead atoms. The maximum atomic E-state index is 12.5. The fourth-order valence-corrected chi connectivity index (χ4v) is 2.51. The molecule has 2 rings (SSSR count). The van der Waals surface area contributed by atoms with E-state index in [9.17, 15) is 13.9 Å². The minimum absolute atomic E-state index is 0.0822. The van der Waals surface area contributed by atoms with Gasteiger partial charge in [0, 0.05) is 18.3 Å². The first-order chi connectivity index (χ1) is 5.04. The molecule has 11 heavy (non-hydrogen) atoms. The van der Waals surface area contributed by atoms with Crippen LogP contribution in [-0.4, -0.2) is 17.1 Å². The number of halogens is 2. The van der Waals surface area contributed by atoms with Crippen LogP contribution in [0.25, 0.3) is 0 Å². The van der Waals surface area contributed by atoms with Crippen molar-refractivity contribution in [1.82, 2.24) is 0 Å². The Morgan fingerprint density at radius 3 is 2.27 bits per heavy atom.